The molecule has 2 rings (SSSR count). The van der Waals surface area contributed by atoms with Crippen molar-refractivity contribution in [3.05, 3.63) is 0 Å². The molecular formula is C18H34N2O2. The molecule has 1 unspecified atom stereocenters. The highest BCUT2D eigenvalue weighted by molar-refractivity contribution is 5.67. The molecule has 0 radical (unpaired) electrons. The lowest BCUT2D eigenvalue weighted by Gasteiger charge is -2.26. The average Bonchev–Trinajstić information content (AvgIpc) is 3.24. The Kier molecular flexibility index (Phi) is 5.76. The molecule has 2 N–H and O–H groups in total. The third kappa shape index (κ3) is 6.15. The maximum Gasteiger partial charge on any atom is 0.407 e. The number of alkyl carbamates (subject to hydrolysis) is 1. The quantitative estimate of drug-likeness (QED) is 0.720. The Morgan fingerprint density at radius 3 is 2.05 bits per heavy atom. The van der Waals surface area contributed by atoms with E-state index in [0.29, 0.717) is 18.4 Å². The minimum absolute atomic E-state index is 0.306. The van der Waals surface area contributed by atoms with E-state index < -0.39 is 5.60 Å². The lowest BCUT2D eigenvalue weighted by Crippen LogP contribution is -2.43. The summed E-state index contributed by atoms with van der Waals surface area (Å²) >= 11 is 0. The fourth-order valence-corrected chi connectivity index (χ4v) is 2.99. The van der Waals surface area contributed by atoms with Gasteiger partial charge in [-0.15, -0.1) is 0 Å². The zero-order valence-corrected chi connectivity index (χ0v) is 14.9. The molecule has 2 saturated carbocycles. The van der Waals surface area contributed by atoms with Crippen LogP contribution in [0.2, 0.25) is 0 Å². The monoisotopic (exact) mass is 310 g/mol. The molecule has 2 aliphatic rings. The molecule has 0 spiro atoms. The molecule has 22 heavy (non-hydrogen) atoms. The molecule has 0 heterocycles. The summed E-state index contributed by atoms with van der Waals surface area (Å²) in [5.41, 5.74) is -0.432. The lowest BCUT2D eigenvalue weighted by atomic mass is 9.94. The fraction of sp³-hybridized carbons (Fsp3) is 0.944. The van der Waals surface area contributed by atoms with Crippen molar-refractivity contribution < 1.29 is 9.53 Å². The summed E-state index contributed by atoms with van der Waals surface area (Å²) < 4.78 is 5.32. The number of nitrogens with one attached hydrogen (secondary N) is 2. The van der Waals surface area contributed by atoms with Crippen LogP contribution in [-0.4, -0.2) is 30.8 Å². The van der Waals surface area contributed by atoms with Gasteiger partial charge in [-0.2, -0.15) is 0 Å². The molecule has 0 aromatic carbocycles. The van der Waals surface area contributed by atoms with Crippen LogP contribution in [0.15, 0.2) is 0 Å². The zero-order chi connectivity index (χ0) is 16.3. The number of carbonyl (C=O) groups excluding carboxylic acids is 1. The van der Waals surface area contributed by atoms with E-state index >= 15 is 0 Å². The predicted molar refractivity (Wildman–Crippen MR) is 89.8 cm³/mol. The van der Waals surface area contributed by atoms with E-state index in [4.69, 9.17) is 4.74 Å². The van der Waals surface area contributed by atoms with Crippen molar-refractivity contribution >= 4 is 6.09 Å². The average molecular weight is 310 g/mol. The van der Waals surface area contributed by atoms with Gasteiger partial charge in [-0.25, -0.2) is 4.79 Å². The summed E-state index contributed by atoms with van der Waals surface area (Å²) in [4.78, 5) is 11.8. The first-order valence-electron chi connectivity index (χ1n) is 8.96. The largest absolute Gasteiger partial charge is 0.444 e. The number of ether oxygens (including phenoxy) is 1. The molecule has 0 aromatic heterocycles. The van der Waals surface area contributed by atoms with Gasteiger partial charge in [0.1, 0.15) is 5.60 Å². The standard InChI is InChI=1S/C18H34N2O2/c1-12(2)15(11-20-17(21)22-18(3,4)5)10-19-16(13-6-7-13)14-8-9-14/h12-16,19H,6-11H2,1-5H3,(H,20,21). The normalized spacial score (nSPS) is 20.3. The van der Waals surface area contributed by atoms with Gasteiger partial charge in [0.2, 0.25) is 0 Å². The van der Waals surface area contributed by atoms with Crippen molar-refractivity contribution in [1.82, 2.24) is 10.6 Å². The van der Waals surface area contributed by atoms with Gasteiger partial charge >= 0.3 is 6.09 Å². The first kappa shape index (κ1) is 17.6. The Morgan fingerprint density at radius 2 is 1.64 bits per heavy atom. The summed E-state index contributed by atoms with van der Waals surface area (Å²) in [7, 11) is 0. The van der Waals surface area contributed by atoms with Gasteiger partial charge in [-0.05, 0) is 70.1 Å². The Balaban J connectivity index is 1.73. The first-order valence-corrected chi connectivity index (χ1v) is 8.96. The van der Waals surface area contributed by atoms with Gasteiger partial charge in [0, 0.05) is 19.1 Å². The van der Waals surface area contributed by atoms with E-state index in [1.165, 1.54) is 25.7 Å². The molecule has 0 saturated heterocycles. The van der Waals surface area contributed by atoms with Crippen molar-refractivity contribution in [3.8, 4) is 0 Å². The van der Waals surface area contributed by atoms with Crippen LogP contribution in [-0.2, 0) is 4.74 Å². The van der Waals surface area contributed by atoms with E-state index in [2.05, 4.69) is 24.5 Å². The van der Waals surface area contributed by atoms with E-state index in [1.54, 1.807) is 0 Å². The van der Waals surface area contributed by atoms with Crippen LogP contribution in [0, 0.1) is 23.7 Å². The summed E-state index contributed by atoms with van der Waals surface area (Å²) in [6.07, 6.45) is 5.29. The first-order chi connectivity index (χ1) is 10.3. The molecule has 2 fully saturated rings. The van der Waals surface area contributed by atoms with Crippen LogP contribution in [0.1, 0.15) is 60.3 Å². The van der Waals surface area contributed by atoms with Crippen LogP contribution in [0.3, 0.4) is 0 Å². The summed E-state index contributed by atoms with van der Waals surface area (Å²) in [5, 5.41) is 6.74. The maximum absolute atomic E-state index is 11.8. The van der Waals surface area contributed by atoms with Gasteiger partial charge in [0.15, 0.2) is 0 Å². The van der Waals surface area contributed by atoms with Crippen LogP contribution in [0.4, 0.5) is 4.79 Å². The highest BCUT2D eigenvalue weighted by atomic mass is 16.6. The Labute approximate surface area is 135 Å². The third-order valence-electron chi connectivity index (χ3n) is 4.73. The minimum Gasteiger partial charge on any atom is -0.444 e. The molecule has 4 nitrogen and oxygen atoms in total. The van der Waals surface area contributed by atoms with Crippen LogP contribution < -0.4 is 10.6 Å². The minimum atomic E-state index is -0.432. The van der Waals surface area contributed by atoms with Crippen molar-refractivity contribution in [3.63, 3.8) is 0 Å². The molecule has 128 valence electrons. The predicted octanol–water partition coefficient (Wildman–Crippen LogP) is 3.56. The van der Waals surface area contributed by atoms with Crippen molar-refractivity contribution in [1.29, 1.82) is 0 Å². The Hall–Kier alpha value is -0.770. The van der Waals surface area contributed by atoms with Crippen molar-refractivity contribution in [2.45, 2.75) is 71.9 Å². The summed E-state index contributed by atoms with van der Waals surface area (Å²) in [6, 6.07) is 0.725. The highest BCUT2D eigenvalue weighted by Gasteiger charge is 2.41. The second-order valence-electron chi connectivity index (χ2n) is 8.50. The molecule has 1 amide bonds. The van der Waals surface area contributed by atoms with E-state index in [0.717, 1.165) is 24.4 Å². The van der Waals surface area contributed by atoms with Crippen molar-refractivity contribution in [2.75, 3.05) is 13.1 Å². The van der Waals surface area contributed by atoms with E-state index in [9.17, 15) is 4.79 Å². The second kappa shape index (κ2) is 7.20. The van der Waals surface area contributed by atoms with Gasteiger partial charge in [-0.1, -0.05) is 13.8 Å². The second-order valence-corrected chi connectivity index (χ2v) is 8.50. The number of amides is 1. The van der Waals surface area contributed by atoms with Crippen LogP contribution >= 0.6 is 0 Å². The number of rotatable bonds is 8. The van der Waals surface area contributed by atoms with Crippen LogP contribution in [0.5, 0.6) is 0 Å². The number of hydrogen-bond acceptors (Lipinski definition) is 3. The molecule has 1 atom stereocenters. The van der Waals surface area contributed by atoms with Gasteiger partial charge in [0.05, 0.1) is 0 Å². The van der Waals surface area contributed by atoms with Gasteiger partial charge < -0.3 is 15.4 Å². The van der Waals surface area contributed by atoms with Gasteiger partial charge in [-0.3, -0.25) is 0 Å². The number of carbonyl (C=O) groups is 1. The third-order valence-corrected chi connectivity index (χ3v) is 4.73. The summed E-state index contributed by atoms with van der Waals surface area (Å²) in [5.74, 6) is 2.83. The maximum atomic E-state index is 11.8. The van der Waals surface area contributed by atoms with E-state index in [1.807, 2.05) is 20.8 Å². The number of hydrogen-bond donors (Lipinski definition) is 2. The van der Waals surface area contributed by atoms with Crippen molar-refractivity contribution in [2.24, 2.45) is 23.7 Å². The SMILES string of the molecule is CC(C)C(CNC(=O)OC(C)(C)C)CNC(C1CC1)C1CC1. The highest BCUT2D eigenvalue weighted by Crippen LogP contribution is 2.44. The van der Waals surface area contributed by atoms with Crippen LogP contribution in [0.25, 0.3) is 0 Å². The molecule has 0 aromatic rings. The van der Waals surface area contributed by atoms with E-state index in [-0.39, 0.29) is 6.09 Å². The summed E-state index contributed by atoms with van der Waals surface area (Å²) in [6.45, 7) is 11.8. The smallest absolute Gasteiger partial charge is 0.407 e. The Morgan fingerprint density at radius 1 is 1.09 bits per heavy atom. The molecular weight excluding hydrogens is 276 g/mol. The molecule has 4 heteroatoms. The lowest BCUT2D eigenvalue weighted by molar-refractivity contribution is 0.0514. The Bertz CT molecular complexity index is 356. The zero-order valence-electron chi connectivity index (χ0n) is 14.9. The molecule has 0 aliphatic heterocycles. The molecule has 2 aliphatic carbocycles. The molecule has 0 bridgehead atoms. The topological polar surface area (TPSA) is 50.4 Å². The fourth-order valence-electron chi connectivity index (χ4n) is 2.99. The van der Waals surface area contributed by atoms with Gasteiger partial charge in [0.25, 0.3) is 0 Å².